The molecule has 0 saturated heterocycles. The van der Waals surface area contributed by atoms with E-state index >= 15 is 0 Å². The van der Waals surface area contributed by atoms with Gasteiger partial charge >= 0.3 is 11.9 Å². The van der Waals surface area contributed by atoms with Gasteiger partial charge in [-0.2, -0.15) is 0 Å². The zero-order chi connectivity index (χ0) is 11.8. The second kappa shape index (κ2) is 6.94. The molecule has 0 saturated carbocycles. The molecule has 0 aliphatic carbocycles. The molecule has 15 heavy (non-hydrogen) atoms. The Labute approximate surface area is 87.3 Å². The van der Waals surface area contributed by atoms with Crippen molar-refractivity contribution in [1.82, 2.24) is 5.32 Å². The number of Topliss-reactive ketones (excluding diaryl/α,β-unsaturated/α-hetero) is 1. The molecule has 0 aliphatic heterocycles. The number of nitrogens with one attached hydrogen (secondary N) is 1. The molecule has 0 rings (SSSR count). The number of aliphatic carboxylic acids is 2. The van der Waals surface area contributed by atoms with E-state index < -0.39 is 17.9 Å². The summed E-state index contributed by atoms with van der Waals surface area (Å²) in [5, 5.41) is 19.7. The second-order valence-corrected chi connectivity index (χ2v) is 3.29. The molecule has 6 heteroatoms. The Kier molecular flexibility index (Phi) is 6.28. The predicted molar refractivity (Wildman–Crippen MR) is 51.5 cm³/mol. The number of carboxylic acids is 2. The summed E-state index contributed by atoms with van der Waals surface area (Å²) < 4.78 is 0. The molecule has 86 valence electrons. The van der Waals surface area contributed by atoms with E-state index in [0.717, 1.165) is 0 Å². The number of hydrogen-bond donors (Lipinski definition) is 3. The minimum Gasteiger partial charge on any atom is -0.481 e. The van der Waals surface area contributed by atoms with Gasteiger partial charge < -0.3 is 20.3 Å². The van der Waals surface area contributed by atoms with E-state index in [1.165, 1.54) is 6.92 Å². The molecule has 0 heterocycles. The van der Waals surface area contributed by atoms with Crippen molar-refractivity contribution < 1.29 is 24.6 Å². The molecule has 0 aromatic rings. The Bertz CT molecular complexity index is 251. The van der Waals surface area contributed by atoms with Crippen molar-refractivity contribution in [3.05, 3.63) is 0 Å². The van der Waals surface area contributed by atoms with Gasteiger partial charge in [0.15, 0.2) is 0 Å². The number of hydrogen-bond acceptors (Lipinski definition) is 4. The molecule has 3 N–H and O–H groups in total. The number of carbonyl (C=O) groups excluding carboxylic acids is 1. The Hall–Kier alpha value is -1.43. The van der Waals surface area contributed by atoms with E-state index in [4.69, 9.17) is 10.2 Å². The first-order chi connectivity index (χ1) is 6.93. The van der Waals surface area contributed by atoms with Gasteiger partial charge in [-0.05, 0) is 6.92 Å². The summed E-state index contributed by atoms with van der Waals surface area (Å²) in [4.78, 5) is 31.5. The fourth-order valence-corrected chi connectivity index (χ4v) is 1.07. The lowest BCUT2D eigenvalue weighted by Crippen LogP contribution is -2.31. The fraction of sp³-hybridized carbons (Fsp3) is 0.667. The van der Waals surface area contributed by atoms with E-state index in [-0.39, 0.29) is 31.7 Å². The number of carbonyl (C=O) groups is 3. The SMILES string of the molecule is CC(=O)CC(CNCCC(=O)O)C(=O)O. The third-order valence-electron chi connectivity index (χ3n) is 1.79. The lowest BCUT2D eigenvalue weighted by atomic mass is 10.0. The summed E-state index contributed by atoms with van der Waals surface area (Å²) in [5.41, 5.74) is 0. The zero-order valence-corrected chi connectivity index (χ0v) is 8.52. The highest BCUT2D eigenvalue weighted by Crippen LogP contribution is 2.02. The molecule has 0 aromatic heterocycles. The molecule has 0 radical (unpaired) electrons. The fourth-order valence-electron chi connectivity index (χ4n) is 1.07. The molecule has 0 amide bonds. The topological polar surface area (TPSA) is 104 Å². The van der Waals surface area contributed by atoms with E-state index in [9.17, 15) is 14.4 Å². The van der Waals surface area contributed by atoms with Crippen molar-refractivity contribution in [2.45, 2.75) is 19.8 Å². The normalized spacial score (nSPS) is 12.1. The van der Waals surface area contributed by atoms with Crippen LogP contribution in [0.1, 0.15) is 19.8 Å². The highest BCUT2D eigenvalue weighted by molar-refractivity contribution is 5.82. The van der Waals surface area contributed by atoms with E-state index in [1.807, 2.05) is 0 Å². The number of ketones is 1. The first-order valence-corrected chi connectivity index (χ1v) is 4.58. The largest absolute Gasteiger partial charge is 0.481 e. The summed E-state index contributed by atoms with van der Waals surface area (Å²) in [6, 6.07) is 0. The van der Waals surface area contributed by atoms with Gasteiger partial charge in [-0.25, -0.2) is 0 Å². The summed E-state index contributed by atoms with van der Waals surface area (Å²) in [7, 11) is 0. The number of carboxylic acid groups (broad SMARTS) is 2. The average Bonchev–Trinajstić information content (AvgIpc) is 2.08. The van der Waals surface area contributed by atoms with E-state index in [2.05, 4.69) is 5.32 Å². The molecule has 0 aliphatic rings. The monoisotopic (exact) mass is 217 g/mol. The predicted octanol–water partition coefficient (Wildman–Crippen LogP) is -0.269. The minimum absolute atomic E-state index is 0.0323. The summed E-state index contributed by atoms with van der Waals surface area (Å²) in [6.07, 6.45) is -0.0954. The van der Waals surface area contributed by atoms with Crippen molar-refractivity contribution in [3.63, 3.8) is 0 Å². The van der Waals surface area contributed by atoms with Gasteiger partial charge in [0.25, 0.3) is 0 Å². The van der Waals surface area contributed by atoms with Crippen LogP contribution in [-0.4, -0.2) is 41.0 Å². The van der Waals surface area contributed by atoms with Crippen LogP contribution in [0.25, 0.3) is 0 Å². The minimum atomic E-state index is -1.05. The Morgan fingerprint density at radius 2 is 1.87 bits per heavy atom. The van der Waals surface area contributed by atoms with Crippen LogP contribution in [0.2, 0.25) is 0 Å². The van der Waals surface area contributed by atoms with Crippen LogP contribution in [0, 0.1) is 5.92 Å². The Balaban J connectivity index is 3.81. The van der Waals surface area contributed by atoms with Crippen LogP contribution in [-0.2, 0) is 14.4 Å². The number of rotatable bonds is 8. The first-order valence-electron chi connectivity index (χ1n) is 4.58. The zero-order valence-electron chi connectivity index (χ0n) is 8.52. The Morgan fingerprint density at radius 1 is 1.27 bits per heavy atom. The van der Waals surface area contributed by atoms with Crippen molar-refractivity contribution in [3.8, 4) is 0 Å². The highest BCUT2D eigenvalue weighted by Gasteiger charge is 2.18. The van der Waals surface area contributed by atoms with Crippen LogP contribution >= 0.6 is 0 Å². The van der Waals surface area contributed by atoms with Gasteiger partial charge in [0.05, 0.1) is 12.3 Å². The quantitative estimate of drug-likeness (QED) is 0.483. The maximum atomic E-state index is 10.7. The van der Waals surface area contributed by atoms with Crippen LogP contribution in [0.4, 0.5) is 0 Å². The summed E-state index contributed by atoms with van der Waals surface area (Å²) in [5.74, 6) is -2.97. The molecule has 6 nitrogen and oxygen atoms in total. The molecule has 0 aromatic carbocycles. The standard InChI is InChI=1S/C9H15NO5/c1-6(11)4-7(9(14)15)5-10-3-2-8(12)13/h7,10H,2-5H2,1H3,(H,12,13)(H,14,15). The van der Waals surface area contributed by atoms with Crippen molar-refractivity contribution in [1.29, 1.82) is 0 Å². The smallest absolute Gasteiger partial charge is 0.308 e. The third kappa shape index (κ3) is 7.63. The van der Waals surface area contributed by atoms with Crippen LogP contribution in [0.5, 0.6) is 0 Å². The third-order valence-corrected chi connectivity index (χ3v) is 1.79. The summed E-state index contributed by atoms with van der Waals surface area (Å²) >= 11 is 0. The molecular formula is C9H15NO5. The van der Waals surface area contributed by atoms with E-state index in [1.54, 1.807) is 0 Å². The lowest BCUT2D eigenvalue weighted by Gasteiger charge is -2.10. The molecule has 1 unspecified atom stereocenters. The van der Waals surface area contributed by atoms with Crippen molar-refractivity contribution >= 4 is 17.7 Å². The lowest BCUT2D eigenvalue weighted by molar-refractivity contribution is -0.143. The van der Waals surface area contributed by atoms with Gasteiger partial charge in [-0.15, -0.1) is 0 Å². The van der Waals surface area contributed by atoms with Crippen molar-refractivity contribution in [2.75, 3.05) is 13.1 Å². The molecule has 0 spiro atoms. The van der Waals surface area contributed by atoms with Crippen LogP contribution in [0.15, 0.2) is 0 Å². The van der Waals surface area contributed by atoms with Crippen LogP contribution < -0.4 is 5.32 Å². The van der Waals surface area contributed by atoms with Gasteiger partial charge in [-0.3, -0.25) is 9.59 Å². The van der Waals surface area contributed by atoms with Gasteiger partial charge in [0.2, 0.25) is 0 Å². The average molecular weight is 217 g/mol. The second-order valence-electron chi connectivity index (χ2n) is 3.29. The van der Waals surface area contributed by atoms with Crippen LogP contribution in [0.3, 0.4) is 0 Å². The molecular weight excluding hydrogens is 202 g/mol. The first kappa shape index (κ1) is 13.6. The highest BCUT2D eigenvalue weighted by atomic mass is 16.4. The molecule has 0 fully saturated rings. The van der Waals surface area contributed by atoms with E-state index in [0.29, 0.717) is 0 Å². The maximum absolute atomic E-state index is 10.7. The van der Waals surface area contributed by atoms with Gasteiger partial charge in [-0.1, -0.05) is 0 Å². The molecule has 1 atom stereocenters. The maximum Gasteiger partial charge on any atom is 0.308 e. The Morgan fingerprint density at radius 3 is 2.27 bits per heavy atom. The summed E-state index contributed by atoms with van der Waals surface area (Å²) in [6.45, 7) is 1.65. The van der Waals surface area contributed by atoms with Gasteiger partial charge in [0, 0.05) is 19.5 Å². The van der Waals surface area contributed by atoms with Gasteiger partial charge in [0.1, 0.15) is 5.78 Å². The van der Waals surface area contributed by atoms with Crippen molar-refractivity contribution in [2.24, 2.45) is 5.92 Å². The molecule has 0 bridgehead atoms.